The highest BCUT2D eigenvalue weighted by atomic mass is 32.2. The Bertz CT molecular complexity index is 858. The van der Waals surface area contributed by atoms with Gasteiger partial charge in [-0.1, -0.05) is 65.4 Å². The maximum atomic E-state index is 11.3. The molecule has 2 aromatic rings. The molecule has 2 aromatic carbocycles. The number of hydrogen-bond acceptors (Lipinski definition) is 5. The summed E-state index contributed by atoms with van der Waals surface area (Å²) in [5, 5.41) is 41.2. The molecule has 0 fully saturated rings. The smallest absolute Gasteiger partial charge is 0.133 e. The fourth-order valence-electron chi connectivity index (χ4n) is 3.87. The van der Waals surface area contributed by atoms with Crippen molar-refractivity contribution in [3.8, 4) is 11.5 Å². The molecule has 0 aliphatic heterocycles. The van der Waals surface area contributed by atoms with Crippen LogP contribution < -0.4 is 0 Å². The van der Waals surface area contributed by atoms with E-state index < -0.39 is 0 Å². The second-order valence-electron chi connectivity index (χ2n) is 10.2. The fourth-order valence-corrected chi connectivity index (χ4v) is 4.94. The lowest BCUT2D eigenvalue weighted by Gasteiger charge is -2.28. The Kier molecular flexibility index (Phi) is 9.71. The molecule has 0 saturated heterocycles. The summed E-state index contributed by atoms with van der Waals surface area (Å²) in [6.45, 7) is 13.0. The summed E-state index contributed by atoms with van der Waals surface area (Å²) in [5.74, 6) is 0.520. The standard InChI is InChI=1S/C28H42O4S/c1-7-27(3,4)21-15-19(11-9-13-29)17-23(25(21)31)33-24-18-20(12-10-14-30)16-22(26(24)32)28(5,6)8-2/h15-18,29-32H,7-14H2,1-6H3. The molecule has 33 heavy (non-hydrogen) atoms. The highest BCUT2D eigenvalue weighted by Crippen LogP contribution is 2.48. The zero-order chi connectivity index (χ0) is 24.8. The Morgan fingerprint density at radius 3 is 1.33 bits per heavy atom. The Balaban J connectivity index is 2.64. The first-order valence-corrected chi connectivity index (χ1v) is 12.9. The van der Waals surface area contributed by atoms with Crippen molar-refractivity contribution in [3.05, 3.63) is 46.5 Å². The lowest BCUT2D eigenvalue weighted by molar-refractivity contribution is 0.288. The van der Waals surface area contributed by atoms with E-state index in [1.807, 2.05) is 12.1 Å². The van der Waals surface area contributed by atoms with Gasteiger partial charge in [-0.15, -0.1) is 0 Å². The summed E-state index contributed by atoms with van der Waals surface area (Å²) in [6, 6.07) is 8.08. The zero-order valence-corrected chi connectivity index (χ0v) is 22.0. The van der Waals surface area contributed by atoms with Crippen LogP contribution in [-0.2, 0) is 23.7 Å². The molecule has 0 saturated carbocycles. The van der Waals surface area contributed by atoms with E-state index in [9.17, 15) is 20.4 Å². The molecule has 4 nitrogen and oxygen atoms in total. The molecule has 0 unspecified atom stereocenters. The third-order valence-electron chi connectivity index (χ3n) is 6.96. The molecule has 2 rings (SSSR count). The van der Waals surface area contributed by atoms with E-state index in [1.54, 1.807) is 0 Å². The minimum absolute atomic E-state index is 0.124. The summed E-state index contributed by atoms with van der Waals surface area (Å²) in [4.78, 5) is 1.44. The van der Waals surface area contributed by atoms with E-state index in [4.69, 9.17) is 0 Å². The second-order valence-corrected chi connectivity index (χ2v) is 11.3. The van der Waals surface area contributed by atoms with E-state index >= 15 is 0 Å². The summed E-state index contributed by atoms with van der Waals surface area (Å²) in [7, 11) is 0. The van der Waals surface area contributed by atoms with Gasteiger partial charge in [-0.2, -0.15) is 0 Å². The molecule has 0 bridgehead atoms. The highest BCUT2D eigenvalue weighted by Gasteiger charge is 2.27. The van der Waals surface area contributed by atoms with Gasteiger partial charge in [0.05, 0.1) is 9.79 Å². The highest BCUT2D eigenvalue weighted by molar-refractivity contribution is 7.99. The van der Waals surface area contributed by atoms with Gasteiger partial charge in [-0.3, -0.25) is 0 Å². The summed E-state index contributed by atoms with van der Waals surface area (Å²) in [6.07, 6.45) is 4.55. The first-order chi connectivity index (χ1) is 15.5. The van der Waals surface area contributed by atoms with Crippen molar-refractivity contribution in [2.24, 2.45) is 0 Å². The van der Waals surface area contributed by atoms with Crippen molar-refractivity contribution in [2.45, 2.75) is 101 Å². The van der Waals surface area contributed by atoms with Crippen molar-refractivity contribution in [3.63, 3.8) is 0 Å². The molecule has 0 aliphatic rings. The van der Waals surface area contributed by atoms with Crippen molar-refractivity contribution in [1.82, 2.24) is 0 Å². The van der Waals surface area contributed by atoms with Gasteiger partial charge in [-0.25, -0.2) is 0 Å². The van der Waals surface area contributed by atoms with Gasteiger partial charge in [0.2, 0.25) is 0 Å². The molecule has 0 atom stereocenters. The molecule has 0 spiro atoms. The van der Waals surface area contributed by atoms with Crippen LogP contribution in [0.25, 0.3) is 0 Å². The minimum Gasteiger partial charge on any atom is -0.506 e. The van der Waals surface area contributed by atoms with Gasteiger partial charge in [0.15, 0.2) is 0 Å². The third kappa shape index (κ3) is 6.68. The largest absolute Gasteiger partial charge is 0.506 e. The Labute approximate surface area is 204 Å². The van der Waals surface area contributed by atoms with Gasteiger partial charge in [0.1, 0.15) is 11.5 Å². The van der Waals surface area contributed by atoms with Crippen LogP contribution in [0.4, 0.5) is 0 Å². The van der Waals surface area contributed by atoms with Crippen molar-refractivity contribution in [1.29, 1.82) is 0 Å². The van der Waals surface area contributed by atoms with Crippen LogP contribution in [0.2, 0.25) is 0 Å². The normalized spacial score (nSPS) is 12.4. The number of phenols is 2. The average Bonchev–Trinajstić information content (AvgIpc) is 2.79. The van der Waals surface area contributed by atoms with Crippen LogP contribution in [0.15, 0.2) is 34.1 Å². The summed E-state index contributed by atoms with van der Waals surface area (Å²) < 4.78 is 0. The van der Waals surface area contributed by atoms with Gasteiger partial charge in [-0.05, 0) is 72.6 Å². The maximum Gasteiger partial charge on any atom is 0.133 e. The molecular weight excluding hydrogens is 432 g/mol. The van der Waals surface area contributed by atoms with Gasteiger partial charge >= 0.3 is 0 Å². The molecule has 0 amide bonds. The fraction of sp³-hybridized carbons (Fsp3) is 0.571. The second kappa shape index (κ2) is 11.6. The lowest BCUT2D eigenvalue weighted by atomic mass is 9.80. The molecular formula is C28H42O4S. The number of aliphatic hydroxyl groups is 2. The molecule has 5 heteroatoms. The number of aliphatic hydroxyl groups excluding tert-OH is 2. The first kappa shape index (κ1) is 27.6. The van der Waals surface area contributed by atoms with Crippen LogP contribution in [0.3, 0.4) is 0 Å². The molecule has 4 N–H and O–H groups in total. The minimum atomic E-state index is -0.199. The molecule has 0 radical (unpaired) electrons. The monoisotopic (exact) mass is 474 g/mol. The predicted octanol–water partition coefficient (Wildman–Crippen LogP) is 6.47. The van der Waals surface area contributed by atoms with E-state index in [0.717, 1.165) is 57.7 Å². The van der Waals surface area contributed by atoms with E-state index in [2.05, 4.69) is 53.7 Å². The van der Waals surface area contributed by atoms with Gasteiger partial charge < -0.3 is 20.4 Å². The quantitative estimate of drug-likeness (QED) is 0.283. The van der Waals surface area contributed by atoms with E-state index in [0.29, 0.717) is 12.8 Å². The molecule has 0 heterocycles. The van der Waals surface area contributed by atoms with Crippen LogP contribution in [-0.4, -0.2) is 33.6 Å². The van der Waals surface area contributed by atoms with Crippen LogP contribution in [0.5, 0.6) is 11.5 Å². The van der Waals surface area contributed by atoms with Crippen molar-refractivity contribution in [2.75, 3.05) is 13.2 Å². The Morgan fingerprint density at radius 1 is 0.667 bits per heavy atom. The number of aromatic hydroxyl groups is 2. The number of benzene rings is 2. The van der Waals surface area contributed by atoms with Gasteiger partial charge in [0, 0.05) is 24.3 Å². The topological polar surface area (TPSA) is 80.9 Å². The zero-order valence-electron chi connectivity index (χ0n) is 21.2. The van der Waals surface area contributed by atoms with Crippen LogP contribution in [0.1, 0.15) is 89.5 Å². The lowest BCUT2D eigenvalue weighted by Crippen LogP contribution is -2.17. The number of rotatable bonds is 12. The van der Waals surface area contributed by atoms with Crippen molar-refractivity contribution < 1.29 is 20.4 Å². The first-order valence-electron chi connectivity index (χ1n) is 12.1. The Hall–Kier alpha value is -1.69. The van der Waals surface area contributed by atoms with Crippen molar-refractivity contribution >= 4 is 11.8 Å². The molecule has 184 valence electrons. The average molecular weight is 475 g/mol. The predicted molar refractivity (Wildman–Crippen MR) is 138 cm³/mol. The summed E-state index contributed by atoms with van der Waals surface area (Å²) >= 11 is 1.39. The number of aryl methyl sites for hydroxylation is 2. The SMILES string of the molecule is CCC(C)(C)c1cc(CCCO)cc(Sc2cc(CCCO)cc(C(C)(C)CC)c2O)c1O. The van der Waals surface area contributed by atoms with E-state index in [-0.39, 0.29) is 35.5 Å². The van der Waals surface area contributed by atoms with Gasteiger partial charge in [0.25, 0.3) is 0 Å². The molecule has 0 aromatic heterocycles. The van der Waals surface area contributed by atoms with Crippen LogP contribution >= 0.6 is 11.8 Å². The summed E-state index contributed by atoms with van der Waals surface area (Å²) in [5.41, 5.74) is 3.54. The molecule has 0 aliphatic carbocycles. The number of hydrogen-bond donors (Lipinski definition) is 4. The van der Waals surface area contributed by atoms with E-state index in [1.165, 1.54) is 11.8 Å². The Morgan fingerprint density at radius 2 is 1.03 bits per heavy atom. The number of phenolic OH excluding ortho intramolecular Hbond substituents is 2. The van der Waals surface area contributed by atoms with Crippen LogP contribution in [0, 0.1) is 0 Å². The maximum absolute atomic E-state index is 11.3. The third-order valence-corrected chi connectivity index (χ3v) is 8.02.